The van der Waals surface area contributed by atoms with E-state index in [1.165, 1.54) is 56.0 Å². The summed E-state index contributed by atoms with van der Waals surface area (Å²) >= 11 is 0. The molecular weight excluding hydrogens is 526 g/mol. The summed E-state index contributed by atoms with van der Waals surface area (Å²) in [4.78, 5) is 23.1. The Kier molecular flexibility index (Phi) is 13.8. The Balaban J connectivity index is 0.000000348. The van der Waals surface area contributed by atoms with Crippen molar-refractivity contribution in [1.29, 1.82) is 0 Å². The van der Waals surface area contributed by atoms with Crippen molar-refractivity contribution in [1.82, 2.24) is 20.0 Å². The van der Waals surface area contributed by atoms with Gasteiger partial charge in [0.25, 0.3) is 6.47 Å². The van der Waals surface area contributed by atoms with Gasteiger partial charge < -0.3 is 25.8 Å². The van der Waals surface area contributed by atoms with Crippen LogP contribution in [0.3, 0.4) is 0 Å². The van der Waals surface area contributed by atoms with Gasteiger partial charge in [-0.2, -0.15) is 9.78 Å². The van der Waals surface area contributed by atoms with E-state index in [4.69, 9.17) is 24.3 Å². The molecular formula is C26H38N4Na2O7. The Morgan fingerprint density at radius 3 is 1.87 bits per heavy atom. The van der Waals surface area contributed by atoms with Gasteiger partial charge in [-0.3, -0.25) is 4.79 Å². The number of carbonyl (C=O) groups is 2. The second-order valence-corrected chi connectivity index (χ2v) is 11.2. The minimum Gasteiger partial charge on any atom is -1.00 e. The van der Waals surface area contributed by atoms with Crippen LogP contribution in [0.2, 0.25) is 0 Å². The van der Waals surface area contributed by atoms with Crippen molar-refractivity contribution < 1.29 is 94.5 Å². The average molecular weight is 565 g/mol. The van der Waals surface area contributed by atoms with E-state index in [2.05, 4.69) is 20.2 Å². The number of nitrogens with one attached hydrogen (secondary N) is 1. The van der Waals surface area contributed by atoms with Crippen LogP contribution < -0.4 is 73.8 Å². The summed E-state index contributed by atoms with van der Waals surface area (Å²) in [5, 5.41) is 19.4. The van der Waals surface area contributed by atoms with E-state index in [0.29, 0.717) is 23.8 Å². The first-order valence-electron chi connectivity index (χ1n) is 13.1. The van der Waals surface area contributed by atoms with E-state index in [1.54, 1.807) is 18.5 Å². The third kappa shape index (κ3) is 12.1. The fourth-order valence-corrected chi connectivity index (χ4v) is 4.23. The maximum Gasteiger partial charge on any atom is 1.00 e. The first kappa shape index (κ1) is 34.1. The number of nitrogens with zero attached hydrogens (tertiary/aromatic N) is 3. The molecule has 2 aromatic rings. The third-order valence-electron chi connectivity index (χ3n) is 6.53. The monoisotopic (exact) mass is 564 g/mol. The Morgan fingerprint density at radius 2 is 1.49 bits per heavy atom. The molecule has 4 fully saturated rings. The number of hydrogen-bond donors (Lipinski definition) is 1. The molecule has 4 aliphatic carbocycles. The van der Waals surface area contributed by atoms with Gasteiger partial charge in [-0.1, -0.05) is 0 Å². The molecule has 0 amide bonds. The number of carbonyl (C=O) groups excluding carboxylic acids is 2. The Bertz CT molecular complexity index is 981. The van der Waals surface area contributed by atoms with Gasteiger partial charge in [0.15, 0.2) is 0 Å². The summed E-state index contributed by atoms with van der Waals surface area (Å²) < 4.78 is 18.3. The molecule has 0 radical (unpaired) electrons. The molecule has 2 aromatic heterocycles. The van der Waals surface area contributed by atoms with Crippen LogP contribution in [-0.2, 0) is 14.4 Å². The summed E-state index contributed by atoms with van der Waals surface area (Å²) in [6, 6.07) is 3.64. The summed E-state index contributed by atoms with van der Waals surface area (Å²) in [5.41, 5.74) is -0.519. The zero-order chi connectivity index (χ0) is 26.4. The van der Waals surface area contributed by atoms with Crippen molar-refractivity contribution in [2.24, 2.45) is 23.7 Å². The molecule has 39 heavy (non-hydrogen) atoms. The summed E-state index contributed by atoms with van der Waals surface area (Å²) in [7, 11) is 0. The fourth-order valence-electron chi connectivity index (χ4n) is 4.23. The number of aromatic amines is 1. The van der Waals surface area contributed by atoms with Gasteiger partial charge in [0, 0.05) is 18.3 Å². The maximum atomic E-state index is 11.9. The first-order chi connectivity index (χ1) is 17.8. The molecule has 4 saturated carbocycles. The maximum absolute atomic E-state index is 11.9. The van der Waals surface area contributed by atoms with Crippen LogP contribution in [0.1, 0.15) is 73.6 Å². The molecule has 0 aromatic carbocycles. The van der Waals surface area contributed by atoms with E-state index in [0.717, 1.165) is 17.7 Å². The summed E-state index contributed by atoms with van der Waals surface area (Å²) in [5.74, 6) is 4.40. The van der Waals surface area contributed by atoms with Crippen molar-refractivity contribution in [2.45, 2.75) is 89.9 Å². The van der Waals surface area contributed by atoms with E-state index in [-0.39, 0.29) is 73.1 Å². The van der Waals surface area contributed by atoms with Gasteiger partial charge in [-0.15, -0.1) is 5.10 Å². The molecule has 0 atom stereocenters. The first-order valence-corrected chi connectivity index (χ1v) is 13.1. The molecule has 4 aliphatic rings. The molecule has 11 nitrogen and oxygen atoms in total. The second kappa shape index (κ2) is 15.8. The number of hydrogen-bond acceptors (Lipinski definition) is 9. The molecule has 0 aliphatic heterocycles. The van der Waals surface area contributed by atoms with Crippen LogP contribution in [0.25, 0.3) is 0 Å². The van der Waals surface area contributed by atoms with E-state index in [1.807, 2.05) is 26.8 Å². The normalized spacial score (nSPS) is 17.8. The van der Waals surface area contributed by atoms with Gasteiger partial charge in [-0.05, 0) is 95.8 Å². The van der Waals surface area contributed by atoms with Crippen LogP contribution >= 0.6 is 0 Å². The SMILES string of the molecule is CC(C)(C)OC(=O)n1ccc(OC(C2CC2)C2CC2)n1.O=CO[O-].[H-].[Na+].[Na+].c1cc(OC(C2CC2)C2CC2)[nH]n1. The fraction of sp³-hybridized carbons (Fsp3) is 0.692. The minimum absolute atomic E-state index is 0. The van der Waals surface area contributed by atoms with E-state index < -0.39 is 11.7 Å². The van der Waals surface area contributed by atoms with Crippen molar-refractivity contribution in [3.8, 4) is 11.8 Å². The smallest absolute Gasteiger partial charge is 1.00 e. The Morgan fingerprint density at radius 1 is 1.00 bits per heavy atom. The molecule has 2 heterocycles. The van der Waals surface area contributed by atoms with Gasteiger partial charge in [-0.25, -0.2) is 9.89 Å². The predicted octanol–water partition coefficient (Wildman–Crippen LogP) is -2.23. The van der Waals surface area contributed by atoms with Crippen molar-refractivity contribution in [3.05, 3.63) is 24.5 Å². The minimum atomic E-state index is -0.519. The molecule has 206 valence electrons. The summed E-state index contributed by atoms with van der Waals surface area (Å²) in [6.07, 6.45) is 14.1. The zero-order valence-corrected chi connectivity index (χ0v) is 27.7. The van der Waals surface area contributed by atoms with Crippen LogP contribution in [0.4, 0.5) is 4.79 Å². The quantitative estimate of drug-likeness (QED) is 0.155. The second-order valence-electron chi connectivity index (χ2n) is 11.2. The number of aromatic nitrogens is 4. The largest absolute Gasteiger partial charge is 1.00 e. The number of rotatable bonds is 9. The van der Waals surface area contributed by atoms with Crippen LogP contribution in [0.15, 0.2) is 24.5 Å². The van der Waals surface area contributed by atoms with E-state index in [9.17, 15) is 4.79 Å². The molecule has 0 saturated heterocycles. The zero-order valence-electron chi connectivity index (χ0n) is 24.7. The molecule has 0 unspecified atom stereocenters. The topological polar surface area (TPSA) is 141 Å². The Labute approximate surface area is 275 Å². The van der Waals surface area contributed by atoms with Crippen molar-refractivity contribution in [3.63, 3.8) is 0 Å². The van der Waals surface area contributed by atoms with E-state index >= 15 is 0 Å². The third-order valence-corrected chi connectivity index (χ3v) is 6.53. The van der Waals surface area contributed by atoms with Crippen molar-refractivity contribution >= 4 is 12.6 Å². The van der Waals surface area contributed by atoms with Crippen LogP contribution in [-0.4, -0.2) is 50.4 Å². The molecule has 1 N–H and O–H groups in total. The molecule has 13 heteroatoms. The molecule has 6 rings (SSSR count). The Hall–Kier alpha value is -1.08. The van der Waals surface area contributed by atoms with Crippen molar-refractivity contribution in [2.75, 3.05) is 0 Å². The standard InChI is InChI=1S/C15H22N2O3.C10H14N2O.CH2O3.2Na.H/c1-15(2,3)20-14(18)17-9-8-12(16-17)19-13(10-4-5-10)11-6-7-11;1-2-7(1)10(8-3-4-8)13-9-5-6-11-12-9;2-1-4-3;;;/h8-11,13H,4-7H2,1-3H3;5-8,10H,1-4H2,(H,11,12);1,3H;;;/q;;;2*+1;-1/p-1. The van der Waals surface area contributed by atoms with Gasteiger partial charge in [0.05, 0.1) is 6.20 Å². The molecule has 0 spiro atoms. The molecule has 0 bridgehead atoms. The van der Waals surface area contributed by atoms with Gasteiger partial charge >= 0.3 is 65.2 Å². The number of ether oxygens (including phenoxy) is 3. The average Bonchev–Trinajstić information content (AvgIpc) is 3.69. The summed E-state index contributed by atoms with van der Waals surface area (Å²) in [6.45, 7) is 5.33. The van der Waals surface area contributed by atoms with Gasteiger partial charge in [0.2, 0.25) is 11.8 Å². The van der Waals surface area contributed by atoms with Gasteiger partial charge in [0.1, 0.15) is 17.8 Å². The van der Waals surface area contributed by atoms with Crippen LogP contribution in [0, 0.1) is 23.7 Å². The predicted molar refractivity (Wildman–Crippen MR) is 130 cm³/mol. The van der Waals surface area contributed by atoms with Crippen LogP contribution in [0.5, 0.6) is 11.8 Å². The number of H-pyrrole nitrogens is 1.